The number of rotatable bonds is 8. The van der Waals surface area contributed by atoms with Gasteiger partial charge in [-0.25, -0.2) is 13.1 Å². The molecule has 1 fully saturated rings. The van der Waals surface area contributed by atoms with E-state index in [2.05, 4.69) is 19.9 Å². The van der Waals surface area contributed by atoms with Gasteiger partial charge in [0.1, 0.15) is 4.21 Å². The average molecular weight is 423 g/mol. The van der Waals surface area contributed by atoms with Gasteiger partial charge in [0, 0.05) is 46.9 Å². The first kappa shape index (κ1) is 21.4. The zero-order valence-corrected chi connectivity index (χ0v) is 17.6. The Balaban J connectivity index is 1.70. The smallest absolute Gasteiger partial charge is 0.250 e. The zero-order chi connectivity index (χ0) is 19.0. The largest absolute Gasteiger partial charge is 0.381 e. The summed E-state index contributed by atoms with van der Waals surface area (Å²) in [4.78, 5) is 6.33. The zero-order valence-electron chi connectivity index (χ0n) is 15.2. The minimum Gasteiger partial charge on any atom is -0.381 e. The fraction of sp³-hybridized carbons (Fsp3) is 0.688. The number of aliphatic imine (C=N–C) groups is 1. The normalized spacial score (nSPS) is 16.7. The summed E-state index contributed by atoms with van der Waals surface area (Å²) in [6.07, 6.45) is 3.34. The summed E-state index contributed by atoms with van der Waals surface area (Å²) >= 11 is 6.84. The topological polar surface area (TPSA) is 83.0 Å². The summed E-state index contributed by atoms with van der Waals surface area (Å²) in [5.41, 5.74) is 0. The maximum atomic E-state index is 12.1. The molecule has 1 aromatic heterocycles. The molecule has 148 valence electrons. The van der Waals surface area contributed by atoms with Gasteiger partial charge in [-0.15, -0.1) is 11.3 Å². The highest BCUT2D eigenvalue weighted by Crippen LogP contribution is 2.25. The number of sulfonamides is 1. The molecule has 0 radical (unpaired) electrons. The number of nitrogens with one attached hydrogen (secondary N) is 2. The van der Waals surface area contributed by atoms with Crippen molar-refractivity contribution in [3.63, 3.8) is 0 Å². The molecule has 1 aromatic rings. The van der Waals surface area contributed by atoms with E-state index >= 15 is 0 Å². The molecule has 1 saturated heterocycles. The first-order valence-corrected chi connectivity index (χ1v) is 11.3. The van der Waals surface area contributed by atoms with Gasteiger partial charge in [-0.05, 0) is 37.3 Å². The van der Waals surface area contributed by atoms with Crippen LogP contribution in [0, 0.1) is 5.92 Å². The summed E-state index contributed by atoms with van der Waals surface area (Å²) in [5.74, 6) is 1.46. The highest BCUT2D eigenvalue weighted by atomic mass is 35.5. The Morgan fingerprint density at radius 3 is 2.73 bits per heavy atom. The lowest BCUT2D eigenvalue weighted by molar-refractivity contribution is 0.0625. The van der Waals surface area contributed by atoms with Gasteiger partial charge in [-0.3, -0.25) is 4.99 Å². The fourth-order valence-electron chi connectivity index (χ4n) is 2.77. The highest BCUT2D eigenvalue weighted by Gasteiger charge is 2.17. The molecule has 0 bridgehead atoms. The summed E-state index contributed by atoms with van der Waals surface area (Å²) in [5, 5.41) is 3.19. The number of thiophene rings is 1. The molecule has 7 nitrogen and oxygen atoms in total. The van der Waals surface area contributed by atoms with E-state index in [9.17, 15) is 8.42 Å². The van der Waals surface area contributed by atoms with Crippen LogP contribution in [0.4, 0.5) is 0 Å². The molecule has 2 N–H and O–H groups in total. The SMILES string of the molecule is CN=C(NCCNS(=O)(=O)c1ccc(Cl)s1)N(C)CCC1CCOCC1. The van der Waals surface area contributed by atoms with Crippen LogP contribution in [0.5, 0.6) is 0 Å². The second-order valence-corrected chi connectivity index (χ2v) is 9.91. The lowest BCUT2D eigenvalue weighted by Crippen LogP contribution is -2.43. The van der Waals surface area contributed by atoms with Gasteiger partial charge in [-0.2, -0.15) is 0 Å². The van der Waals surface area contributed by atoms with E-state index in [0.717, 1.165) is 56.3 Å². The van der Waals surface area contributed by atoms with Crippen LogP contribution in [-0.2, 0) is 14.8 Å². The van der Waals surface area contributed by atoms with Gasteiger partial charge in [0.05, 0.1) is 4.34 Å². The molecule has 0 saturated carbocycles. The third kappa shape index (κ3) is 6.70. The van der Waals surface area contributed by atoms with Crippen LogP contribution in [0.25, 0.3) is 0 Å². The van der Waals surface area contributed by atoms with Crippen molar-refractivity contribution in [1.29, 1.82) is 0 Å². The maximum Gasteiger partial charge on any atom is 0.250 e. The molecule has 2 rings (SSSR count). The Kier molecular flexibility index (Phi) is 8.62. The van der Waals surface area contributed by atoms with Crippen molar-refractivity contribution in [3.05, 3.63) is 16.5 Å². The van der Waals surface area contributed by atoms with E-state index in [-0.39, 0.29) is 10.8 Å². The number of guanidine groups is 1. The third-order valence-corrected chi connectivity index (χ3v) is 7.48. The van der Waals surface area contributed by atoms with Crippen molar-refractivity contribution in [2.24, 2.45) is 10.9 Å². The van der Waals surface area contributed by atoms with Crippen LogP contribution in [0.1, 0.15) is 19.3 Å². The standard InChI is InChI=1S/C16H27ClN4O3S2/c1-18-16(21(2)10-5-13-6-11-24-12-7-13)19-8-9-20-26(22,23)15-4-3-14(17)25-15/h3-4,13,20H,5-12H2,1-2H3,(H,18,19). The molecule has 0 aromatic carbocycles. The van der Waals surface area contributed by atoms with Crippen LogP contribution in [-0.4, -0.2) is 66.2 Å². The van der Waals surface area contributed by atoms with Crippen molar-refractivity contribution < 1.29 is 13.2 Å². The van der Waals surface area contributed by atoms with E-state index in [0.29, 0.717) is 16.8 Å². The van der Waals surface area contributed by atoms with Gasteiger partial charge in [0.2, 0.25) is 10.0 Å². The summed E-state index contributed by atoms with van der Waals surface area (Å²) in [6.45, 7) is 3.34. The summed E-state index contributed by atoms with van der Waals surface area (Å²) in [6, 6.07) is 3.08. The van der Waals surface area contributed by atoms with Crippen molar-refractivity contribution in [1.82, 2.24) is 14.9 Å². The molecule has 0 spiro atoms. The van der Waals surface area contributed by atoms with Crippen molar-refractivity contribution in [3.8, 4) is 0 Å². The number of nitrogens with zero attached hydrogens (tertiary/aromatic N) is 2. The second kappa shape index (κ2) is 10.5. The minimum absolute atomic E-state index is 0.223. The quantitative estimate of drug-likeness (QED) is 0.380. The first-order valence-electron chi connectivity index (χ1n) is 8.67. The fourth-order valence-corrected chi connectivity index (χ4v) is 5.33. The predicted molar refractivity (Wildman–Crippen MR) is 107 cm³/mol. The molecule has 10 heteroatoms. The molecule has 1 aliphatic rings. The van der Waals surface area contributed by atoms with Crippen molar-refractivity contribution in [2.75, 3.05) is 46.9 Å². The number of ether oxygens (including phenoxy) is 1. The molecule has 0 amide bonds. The first-order chi connectivity index (χ1) is 12.4. The Hall–Kier alpha value is -0.870. The Morgan fingerprint density at radius 2 is 2.12 bits per heavy atom. The molecule has 0 unspecified atom stereocenters. The van der Waals surface area contributed by atoms with Gasteiger partial charge >= 0.3 is 0 Å². The number of hydrogen-bond acceptors (Lipinski definition) is 5. The Bertz CT molecular complexity index is 687. The molecule has 0 atom stereocenters. The Labute approximate surface area is 164 Å². The lowest BCUT2D eigenvalue weighted by atomic mass is 9.96. The lowest BCUT2D eigenvalue weighted by Gasteiger charge is -2.26. The number of halogens is 1. The number of hydrogen-bond donors (Lipinski definition) is 2. The van der Waals surface area contributed by atoms with Gasteiger partial charge in [-0.1, -0.05) is 11.6 Å². The minimum atomic E-state index is -3.51. The average Bonchev–Trinajstić information content (AvgIpc) is 3.08. The molecule has 0 aliphatic carbocycles. The monoisotopic (exact) mass is 422 g/mol. The van der Waals surface area contributed by atoms with E-state index in [4.69, 9.17) is 16.3 Å². The predicted octanol–water partition coefficient (Wildman–Crippen LogP) is 2.00. The molecule has 26 heavy (non-hydrogen) atoms. The molecule has 2 heterocycles. The molecular formula is C16H27ClN4O3S2. The van der Waals surface area contributed by atoms with Crippen LogP contribution >= 0.6 is 22.9 Å². The van der Waals surface area contributed by atoms with Crippen molar-refractivity contribution in [2.45, 2.75) is 23.5 Å². The maximum absolute atomic E-state index is 12.1. The van der Waals surface area contributed by atoms with E-state index in [1.54, 1.807) is 13.1 Å². The summed E-state index contributed by atoms with van der Waals surface area (Å²) in [7, 11) is 0.209. The van der Waals surface area contributed by atoms with E-state index in [1.165, 1.54) is 6.07 Å². The van der Waals surface area contributed by atoms with E-state index in [1.807, 2.05) is 7.05 Å². The van der Waals surface area contributed by atoms with Crippen LogP contribution in [0.2, 0.25) is 4.34 Å². The summed E-state index contributed by atoms with van der Waals surface area (Å²) < 4.78 is 32.9. The van der Waals surface area contributed by atoms with Crippen LogP contribution < -0.4 is 10.0 Å². The van der Waals surface area contributed by atoms with Gasteiger partial charge < -0.3 is 15.0 Å². The van der Waals surface area contributed by atoms with E-state index < -0.39 is 10.0 Å². The molecular weight excluding hydrogens is 396 g/mol. The third-order valence-electron chi connectivity index (χ3n) is 4.30. The van der Waals surface area contributed by atoms with Gasteiger partial charge in [0.15, 0.2) is 5.96 Å². The highest BCUT2D eigenvalue weighted by molar-refractivity contribution is 7.91. The van der Waals surface area contributed by atoms with Crippen LogP contribution in [0.3, 0.4) is 0 Å². The van der Waals surface area contributed by atoms with Gasteiger partial charge in [0.25, 0.3) is 0 Å². The second-order valence-electron chi connectivity index (χ2n) is 6.20. The van der Waals surface area contributed by atoms with Crippen LogP contribution in [0.15, 0.2) is 21.3 Å². The Morgan fingerprint density at radius 1 is 1.38 bits per heavy atom. The van der Waals surface area contributed by atoms with Crippen molar-refractivity contribution >= 4 is 38.9 Å². The molecule has 1 aliphatic heterocycles.